The van der Waals surface area contributed by atoms with Gasteiger partial charge in [-0.05, 0) is 67.7 Å². The molecule has 2 aromatic carbocycles. The number of carbonyl (C=O) groups is 3. The van der Waals surface area contributed by atoms with Crippen LogP contribution in [0.2, 0.25) is 10.0 Å². The Hall–Kier alpha value is -3.12. The van der Waals surface area contributed by atoms with Gasteiger partial charge in [-0.3, -0.25) is 29.2 Å². The molecule has 1 atom stereocenters. The number of hydrogen-bond donors (Lipinski definition) is 2. The van der Waals surface area contributed by atoms with Gasteiger partial charge in [0.2, 0.25) is 5.85 Å². The number of nitrogens with one attached hydrogen (secondary N) is 1. The SMILES string of the molecule is COC1CN(C(O[C@H]2CC[C@H](C(=O)O)CC2)(C(=O)Cc2cc(Cl)c(NC(=O)c3nccc4ccccc34)cc2Cl)N2CCCC2)C1. The molecule has 6 rings (SSSR count). The van der Waals surface area contributed by atoms with E-state index in [2.05, 4.69) is 15.2 Å². The quantitative estimate of drug-likeness (QED) is 0.267. The molecule has 2 N–H and O–H groups in total. The lowest BCUT2D eigenvalue weighted by molar-refractivity contribution is -0.282. The second-order valence-electron chi connectivity index (χ2n) is 12.4. The number of methoxy groups -OCH3 is 1. The lowest BCUT2D eigenvalue weighted by Crippen LogP contribution is -2.74. The molecule has 2 saturated heterocycles. The number of pyridine rings is 1. The fraction of sp³-hybridized carbons (Fsp3) is 0.471. The summed E-state index contributed by atoms with van der Waals surface area (Å²) in [5.74, 6) is -3.11. The van der Waals surface area contributed by atoms with Crippen LogP contribution >= 0.6 is 23.2 Å². The first-order valence-electron chi connectivity index (χ1n) is 15.8. The highest BCUT2D eigenvalue weighted by atomic mass is 35.5. The van der Waals surface area contributed by atoms with Gasteiger partial charge in [-0.25, -0.2) is 0 Å². The molecule has 1 unspecified atom stereocenters. The summed E-state index contributed by atoms with van der Waals surface area (Å²) in [7, 11) is 1.66. The topological polar surface area (TPSA) is 121 Å². The van der Waals surface area contributed by atoms with Crippen LogP contribution in [0.3, 0.4) is 0 Å². The molecule has 2 aliphatic heterocycles. The van der Waals surface area contributed by atoms with Crippen molar-refractivity contribution in [2.75, 3.05) is 38.6 Å². The molecule has 3 aromatic rings. The third kappa shape index (κ3) is 6.52. The molecule has 3 aliphatic rings. The smallest absolute Gasteiger partial charge is 0.306 e. The van der Waals surface area contributed by atoms with Crippen LogP contribution in [0.4, 0.5) is 5.69 Å². The molecule has 1 saturated carbocycles. The summed E-state index contributed by atoms with van der Waals surface area (Å²) < 4.78 is 12.4. The second kappa shape index (κ2) is 13.9. The number of benzene rings is 2. The van der Waals surface area contributed by atoms with Crippen molar-refractivity contribution in [2.45, 2.75) is 63.0 Å². The number of hydrogen-bond acceptors (Lipinski definition) is 8. The van der Waals surface area contributed by atoms with E-state index in [-0.39, 0.29) is 40.2 Å². The molecular weight excluding hydrogens is 631 g/mol. The number of likely N-dealkylation sites (tertiary alicyclic amines) is 2. The highest BCUT2D eigenvalue weighted by Gasteiger charge is 2.56. The third-order valence-electron chi connectivity index (χ3n) is 9.49. The fourth-order valence-corrected chi connectivity index (χ4v) is 7.34. The van der Waals surface area contributed by atoms with Gasteiger partial charge in [0, 0.05) is 56.3 Å². The number of nitrogens with zero attached hydrogens (tertiary/aromatic N) is 3. The van der Waals surface area contributed by atoms with Crippen molar-refractivity contribution in [1.29, 1.82) is 0 Å². The van der Waals surface area contributed by atoms with Crippen LogP contribution in [0.15, 0.2) is 48.7 Å². The van der Waals surface area contributed by atoms with E-state index in [1.165, 1.54) is 0 Å². The number of Topliss-reactive ketones (excluding diaryl/α,β-unsaturated/α-hetero) is 1. The zero-order valence-corrected chi connectivity index (χ0v) is 27.2. The first kappa shape index (κ1) is 32.8. The van der Waals surface area contributed by atoms with Crippen molar-refractivity contribution < 1.29 is 29.0 Å². The van der Waals surface area contributed by atoms with Gasteiger partial charge in [-0.1, -0.05) is 47.5 Å². The maximum absolute atomic E-state index is 14.6. The van der Waals surface area contributed by atoms with Crippen LogP contribution in [0, 0.1) is 5.92 Å². The zero-order valence-electron chi connectivity index (χ0n) is 25.7. The van der Waals surface area contributed by atoms with Gasteiger partial charge < -0.3 is 19.9 Å². The highest BCUT2D eigenvalue weighted by Crippen LogP contribution is 2.39. The summed E-state index contributed by atoms with van der Waals surface area (Å²) in [6.45, 7) is 2.47. The number of halogens is 2. The average molecular weight is 670 g/mol. The van der Waals surface area contributed by atoms with Gasteiger partial charge in [-0.15, -0.1) is 0 Å². The summed E-state index contributed by atoms with van der Waals surface area (Å²) in [6, 6.07) is 12.5. The summed E-state index contributed by atoms with van der Waals surface area (Å²) in [5, 5.41) is 14.5. The molecule has 46 heavy (non-hydrogen) atoms. The van der Waals surface area contributed by atoms with Gasteiger partial charge >= 0.3 is 5.97 Å². The van der Waals surface area contributed by atoms with Gasteiger partial charge in [0.1, 0.15) is 5.69 Å². The molecule has 1 aliphatic carbocycles. The Morgan fingerprint density at radius 1 is 0.978 bits per heavy atom. The van der Waals surface area contributed by atoms with E-state index in [0.717, 1.165) is 18.2 Å². The molecule has 10 nitrogen and oxygen atoms in total. The van der Waals surface area contributed by atoms with E-state index >= 15 is 0 Å². The van der Waals surface area contributed by atoms with Crippen LogP contribution in [0.1, 0.15) is 54.6 Å². The summed E-state index contributed by atoms with van der Waals surface area (Å²) >= 11 is 13.5. The van der Waals surface area contributed by atoms with Crippen LogP contribution in [-0.2, 0) is 25.5 Å². The number of rotatable bonds is 11. The molecule has 3 fully saturated rings. The van der Waals surface area contributed by atoms with E-state index in [0.29, 0.717) is 68.5 Å². The Labute approximate surface area is 277 Å². The lowest BCUT2D eigenvalue weighted by atomic mass is 9.87. The van der Waals surface area contributed by atoms with Crippen molar-refractivity contribution in [3.05, 3.63) is 70.0 Å². The van der Waals surface area contributed by atoms with E-state index in [9.17, 15) is 19.5 Å². The van der Waals surface area contributed by atoms with E-state index in [1.54, 1.807) is 25.4 Å². The molecule has 1 amide bonds. The Morgan fingerprint density at radius 2 is 1.70 bits per heavy atom. The number of carboxylic acid groups (broad SMARTS) is 1. The highest BCUT2D eigenvalue weighted by molar-refractivity contribution is 6.36. The second-order valence-corrected chi connectivity index (χ2v) is 13.2. The van der Waals surface area contributed by atoms with Crippen molar-refractivity contribution in [3.63, 3.8) is 0 Å². The maximum Gasteiger partial charge on any atom is 0.306 e. The molecule has 0 spiro atoms. The first-order valence-corrected chi connectivity index (χ1v) is 16.5. The number of ketones is 1. The Bertz CT molecular complexity index is 1610. The molecule has 3 heterocycles. The molecule has 1 aromatic heterocycles. The number of carbonyl (C=O) groups excluding carboxylic acids is 2. The normalized spacial score (nSPS) is 22.3. The number of aliphatic carboxylic acids is 1. The van der Waals surface area contributed by atoms with E-state index < -0.39 is 23.6 Å². The summed E-state index contributed by atoms with van der Waals surface area (Å²) in [5.41, 5.74) is 1.09. The van der Waals surface area contributed by atoms with Crippen molar-refractivity contribution >= 4 is 57.3 Å². The Morgan fingerprint density at radius 3 is 2.39 bits per heavy atom. The minimum atomic E-state index is -1.34. The van der Waals surface area contributed by atoms with Crippen molar-refractivity contribution in [3.8, 4) is 0 Å². The van der Waals surface area contributed by atoms with E-state index in [4.69, 9.17) is 32.7 Å². The number of aromatic nitrogens is 1. The molecule has 0 radical (unpaired) electrons. The standard InChI is InChI=1S/C34H38Cl2N4O6/c1-45-25-19-40(20-25)34(39-14-4-5-15-39,46-24-10-8-22(9-11-24)33(43)44)30(41)17-23-16-28(36)29(18-27(23)35)38-32(42)31-26-7-3-2-6-21(26)12-13-37-31/h2-3,6-7,12-13,16,18,22,24-25H,4-5,8-11,14-15,17,19-20H2,1H3,(H,38,42)(H,43,44)/t22-,24-,34?. The molecule has 0 bridgehead atoms. The predicted octanol–water partition coefficient (Wildman–Crippen LogP) is 5.65. The van der Waals surface area contributed by atoms with Gasteiger partial charge in [-0.2, -0.15) is 0 Å². The Kier molecular flexibility index (Phi) is 9.94. The van der Waals surface area contributed by atoms with E-state index in [1.807, 2.05) is 35.2 Å². The van der Waals surface area contributed by atoms with Crippen LogP contribution in [0.5, 0.6) is 0 Å². The number of anilines is 1. The lowest BCUT2D eigenvalue weighted by Gasteiger charge is -2.55. The third-order valence-corrected chi connectivity index (χ3v) is 10.2. The number of ether oxygens (including phenoxy) is 2. The molecule has 244 valence electrons. The van der Waals surface area contributed by atoms with Crippen LogP contribution in [0.25, 0.3) is 10.8 Å². The zero-order chi connectivity index (χ0) is 32.4. The Balaban J connectivity index is 1.25. The number of fused-ring (bicyclic) bond motifs is 1. The minimum Gasteiger partial charge on any atom is -0.481 e. The predicted molar refractivity (Wildman–Crippen MR) is 175 cm³/mol. The van der Waals surface area contributed by atoms with Crippen LogP contribution in [-0.4, -0.2) is 88.9 Å². The van der Waals surface area contributed by atoms with Gasteiger partial charge in [0.25, 0.3) is 5.91 Å². The molecular formula is C34H38Cl2N4O6. The first-order chi connectivity index (χ1) is 22.2. The largest absolute Gasteiger partial charge is 0.481 e. The molecule has 12 heteroatoms. The minimum absolute atomic E-state index is 0.0155. The van der Waals surface area contributed by atoms with Crippen LogP contribution < -0.4 is 5.32 Å². The maximum atomic E-state index is 14.6. The summed E-state index contributed by atoms with van der Waals surface area (Å²) in [4.78, 5) is 47.9. The fourth-order valence-electron chi connectivity index (χ4n) is 6.87. The average Bonchev–Trinajstić information content (AvgIpc) is 3.58. The van der Waals surface area contributed by atoms with Gasteiger partial charge in [0.05, 0.1) is 28.8 Å². The van der Waals surface area contributed by atoms with Crippen molar-refractivity contribution in [2.24, 2.45) is 5.92 Å². The number of amides is 1. The monoisotopic (exact) mass is 668 g/mol. The summed E-state index contributed by atoms with van der Waals surface area (Å²) in [6.07, 6.45) is 5.28. The number of carboxylic acids is 1. The van der Waals surface area contributed by atoms with Gasteiger partial charge in [0.15, 0.2) is 5.78 Å². The van der Waals surface area contributed by atoms with Crippen molar-refractivity contribution in [1.82, 2.24) is 14.8 Å².